The van der Waals surface area contributed by atoms with Crippen LogP contribution in [0.1, 0.15) is 20.7 Å². The van der Waals surface area contributed by atoms with Crippen molar-refractivity contribution in [2.75, 3.05) is 43.4 Å². The number of carboxylic acids is 1. The number of aromatic nitrogens is 8. The Morgan fingerprint density at radius 3 is 1.55 bits per heavy atom. The van der Waals surface area contributed by atoms with Gasteiger partial charge in [0.25, 0.3) is 0 Å². The largest absolute Gasteiger partial charge is 1.00 e. The molecule has 258 valence electrons. The third kappa shape index (κ3) is 9.45. The molecule has 0 fully saturated rings. The van der Waals surface area contributed by atoms with E-state index < -0.39 is 11.9 Å². The number of nitrogen functional groups attached to an aromatic ring is 2. The second kappa shape index (κ2) is 17.9. The summed E-state index contributed by atoms with van der Waals surface area (Å²) in [5, 5.41) is 23.5. The average molecular weight is 707 g/mol. The summed E-state index contributed by atoms with van der Waals surface area (Å²) in [5.74, 6) is 1.26. The van der Waals surface area contributed by atoms with Crippen LogP contribution in [0.25, 0.3) is 11.6 Å². The first-order valence-corrected chi connectivity index (χ1v) is 14.2. The third-order valence-electron chi connectivity index (χ3n) is 6.56. The predicted molar refractivity (Wildman–Crippen MR) is 180 cm³/mol. The van der Waals surface area contributed by atoms with Gasteiger partial charge < -0.3 is 46.9 Å². The summed E-state index contributed by atoms with van der Waals surface area (Å²) >= 11 is 0. The number of carbonyl (C=O) groups excluding carboxylic acids is 1. The summed E-state index contributed by atoms with van der Waals surface area (Å²) in [6, 6.07) is 19.9. The standard InChI is InChI=1S/C16H16N6O3.C15H14N6O3.Na.H2O/c1-24-12-7-6-10(14(23)25-2)9-11(12)19-16-20-15(17)22(21-16)13-5-3-4-8-18-13;1-24-11-6-5-9(13(22)23)8-10(11)18-15-19-14(16)21(20-15)12-4-2-3-7-17-12;;/h3-9H,1-2H3,(H3,17,19,20,21);2-8H,1H3,(H,22,23)(H3,16,18,19,20);;1H2/q;;+1;/p-1. The summed E-state index contributed by atoms with van der Waals surface area (Å²) in [6.07, 6.45) is 3.25. The number of aromatic carboxylic acids is 1. The van der Waals surface area contributed by atoms with Gasteiger partial charge in [-0.1, -0.05) is 12.1 Å². The van der Waals surface area contributed by atoms with Crippen molar-refractivity contribution in [3.63, 3.8) is 0 Å². The van der Waals surface area contributed by atoms with E-state index in [1.54, 1.807) is 67.0 Å². The molecule has 4 heterocycles. The van der Waals surface area contributed by atoms with Crippen LogP contribution in [0.4, 0.5) is 35.2 Å². The number of anilines is 6. The Kier molecular flexibility index (Phi) is 13.8. The fraction of sp³-hybridized carbons (Fsp3) is 0.0968. The molecular weight excluding hydrogens is 675 g/mol. The summed E-state index contributed by atoms with van der Waals surface area (Å²) in [5.41, 5.74) is 13.1. The second-order valence-corrected chi connectivity index (χ2v) is 9.66. The fourth-order valence-corrected chi connectivity index (χ4v) is 4.28. The molecule has 51 heavy (non-hydrogen) atoms. The maximum absolute atomic E-state index is 11.7. The van der Waals surface area contributed by atoms with Crippen LogP contribution in [0.3, 0.4) is 0 Å². The molecule has 0 radical (unpaired) electrons. The molecule has 4 aromatic heterocycles. The van der Waals surface area contributed by atoms with Crippen molar-refractivity contribution in [2.24, 2.45) is 0 Å². The zero-order chi connectivity index (χ0) is 34.9. The molecule has 0 amide bonds. The SMILES string of the molecule is COC(=O)c1ccc(OC)c(Nc2nc(N)n(-c3ccccn3)n2)c1.COc1ccc(C(=O)O)cc1Nc1nc(N)n(-c2ccccn2)n1.[Na+].[OH-]. The maximum atomic E-state index is 11.7. The summed E-state index contributed by atoms with van der Waals surface area (Å²) < 4.78 is 18.0. The smallest absolute Gasteiger partial charge is 0.870 e. The van der Waals surface area contributed by atoms with E-state index in [-0.39, 0.29) is 64.4 Å². The van der Waals surface area contributed by atoms with Gasteiger partial charge in [-0.25, -0.2) is 19.6 Å². The van der Waals surface area contributed by atoms with E-state index in [4.69, 9.17) is 30.8 Å². The molecule has 6 aromatic rings. The first kappa shape index (κ1) is 39.2. The number of nitrogens with zero attached hydrogens (tertiary/aromatic N) is 8. The van der Waals surface area contributed by atoms with Gasteiger partial charge >= 0.3 is 41.5 Å². The van der Waals surface area contributed by atoms with Crippen LogP contribution in [0.15, 0.2) is 85.2 Å². The Morgan fingerprint density at radius 2 is 1.16 bits per heavy atom. The molecular formula is C31H31N12NaO7. The van der Waals surface area contributed by atoms with Crippen LogP contribution in [-0.2, 0) is 4.74 Å². The van der Waals surface area contributed by atoms with E-state index in [0.717, 1.165) is 0 Å². The van der Waals surface area contributed by atoms with Crippen molar-refractivity contribution in [3.8, 4) is 23.1 Å². The Morgan fingerprint density at radius 1 is 0.706 bits per heavy atom. The molecule has 8 N–H and O–H groups in total. The van der Waals surface area contributed by atoms with Crippen molar-refractivity contribution in [3.05, 3.63) is 96.3 Å². The second-order valence-electron chi connectivity index (χ2n) is 9.66. The number of pyridine rings is 2. The number of benzene rings is 2. The molecule has 2 aromatic carbocycles. The average Bonchev–Trinajstić information content (AvgIpc) is 3.69. The van der Waals surface area contributed by atoms with Gasteiger partial charge in [-0.2, -0.15) is 19.3 Å². The first-order valence-electron chi connectivity index (χ1n) is 14.2. The number of carboxylic acid groups (broad SMARTS) is 1. The number of nitrogens with two attached hydrogens (primary N) is 2. The zero-order valence-corrected chi connectivity index (χ0v) is 29.8. The predicted octanol–water partition coefficient (Wildman–Crippen LogP) is 0.305. The summed E-state index contributed by atoms with van der Waals surface area (Å²) in [4.78, 5) is 39.4. The Balaban J connectivity index is 0.000000265. The number of rotatable bonds is 10. The van der Waals surface area contributed by atoms with Gasteiger partial charge in [0.2, 0.25) is 23.8 Å². The van der Waals surface area contributed by atoms with Gasteiger partial charge in [-0.3, -0.25) is 0 Å². The van der Waals surface area contributed by atoms with Gasteiger partial charge in [0.15, 0.2) is 11.6 Å². The van der Waals surface area contributed by atoms with E-state index in [1.165, 1.54) is 42.8 Å². The van der Waals surface area contributed by atoms with Gasteiger partial charge in [-0.05, 0) is 60.7 Å². The topological polar surface area (TPSA) is 275 Å². The van der Waals surface area contributed by atoms with E-state index in [9.17, 15) is 9.59 Å². The Labute approximate surface area is 312 Å². The molecule has 0 unspecified atom stereocenters. The molecule has 19 nitrogen and oxygen atoms in total. The molecule has 0 bridgehead atoms. The number of ether oxygens (including phenoxy) is 3. The van der Waals surface area contributed by atoms with Crippen LogP contribution >= 0.6 is 0 Å². The number of carbonyl (C=O) groups is 2. The third-order valence-corrected chi connectivity index (χ3v) is 6.56. The summed E-state index contributed by atoms with van der Waals surface area (Å²) in [6.45, 7) is 0. The number of hydrogen-bond acceptors (Lipinski definition) is 16. The van der Waals surface area contributed by atoms with E-state index in [2.05, 4.69) is 40.8 Å². The van der Waals surface area contributed by atoms with Crippen molar-refractivity contribution in [1.82, 2.24) is 39.5 Å². The molecule has 0 aliphatic rings. The number of methoxy groups -OCH3 is 3. The Hall–Kier alpha value is -6.28. The number of nitrogens with one attached hydrogen (secondary N) is 2. The van der Waals surface area contributed by atoms with Crippen LogP contribution in [0.2, 0.25) is 0 Å². The minimum absolute atomic E-state index is 0. The quantitative estimate of drug-likeness (QED) is 0.0946. The van der Waals surface area contributed by atoms with Crippen LogP contribution < -0.4 is 61.1 Å². The van der Waals surface area contributed by atoms with Crippen molar-refractivity contribution in [2.45, 2.75) is 0 Å². The molecule has 0 atom stereocenters. The van der Waals surface area contributed by atoms with Crippen LogP contribution in [-0.4, -0.2) is 83.3 Å². The first-order chi connectivity index (χ1) is 23.7. The molecule has 20 heteroatoms. The van der Waals surface area contributed by atoms with Gasteiger partial charge in [0, 0.05) is 12.4 Å². The molecule has 0 aliphatic carbocycles. The van der Waals surface area contributed by atoms with Gasteiger partial charge in [0.1, 0.15) is 11.5 Å². The Bertz CT molecular complexity index is 2080. The van der Waals surface area contributed by atoms with Crippen LogP contribution in [0.5, 0.6) is 11.5 Å². The van der Waals surface area contributed by atoms with E-state index in [0.29, 0.717) is 40.1 Å². The molecule has 6 rings (SSSR count). The monoisotopic (exact) mass is 706 g/mol. The molecule has 0 saturated carbocycles. The van der Waals surface area contributed by atoms with Crippen molar-refractivity contribution >= 4 is 47.1 Å². The normalized spacial score (nSPS) is 9.94. The maximum Gasteiger partial charge on any atom is 1.00 e. The van der Waals surface area contributed by atoms with Crippen molar-refractivity contribution < 1.29 is 63.9 Å². The molecule has 0 spiro atoms. The van der Waals surface area contributed by atoms with Crippen LogP contribution in [0, 0.1) is 0 Å². The minimum Gasteiger partial charge on any atom is -0.870 e. The van der Waals surface area contributed by atoms with E-state index in [1.807, 2.05) is 6.07 Å². The number of esters is 1. The minimum atomic E-state index is -1.05. The fourth-order valence-electron chi connectivity index (χ4n) is 4.28. The van der Waals surface area contributed by atoms with Gasteiger partial charge in [-0.15, -0.1) is 10.2 Å². The van der Waals surface area contributed by atoms with E-state index >= 15 is 0 Å². The van der Waals surface area contributed by atoms with Gasteiger partial charge in [0.05, 0.1) is 43.8 Å². The molecule has 0 saturated heterocycles. The number of hydrogen-bond donors (Lipinski definition) is 5. The molecule has 0 aliphatic heterocycles. The van der Waals surface area contributed by atoms with Crippen molar-refractivity contribution in [1.29, 1.82) is 0 Å². The summed E-state index contributed by atoms with van der Waals surface area (Å²) in [7, 11) is 4.32. The zero-order valence-electron chi connectivity index (χ0n) is 27.8.